The molecule has 4 heteroatoms. The van der Waals surface area contributed by atoms with E-state index in [0.29, 0.717) is 12.6 Å². The first kappa shape index (κ1) is 11.3. The summed E-state index contributed by atoms with van der Waals surface area (Å²) in [6.07, 6.45) is 10.6. The third-order valence-electron chi connectivity index (χ3n) is 2.89. The van der Waals surface area contributed by atoms with E-state index in [1.807, 2.05) is 0 Å². The van der Waals surface area contributed by atoms with Gasteiger partial charge in [-0.05, 0) is 38.6 Å². The average molecular weight is 221 g/mol. The van der Waals surface area contributed by atoms with Gasteiger partial charge in [0, 0.05) is 6.42 Å². The summed E-state index contributed by atoms with van der Waals surface area (Å²) in [5.74, 6) is 1.65. The van der Waals surface area contributed by atoms with Crippen molar-refractivity contribution in [2.45, 2.75) is 44.6 Å². The molecule has 1 aliphatic carbocycles. The van der Waals surface area contributed by atoms with Gasteiger partial charge in [0.05, 0.1) is 18.5 Å². The highest BCUT2D eigenvalue weighted by atomic mass is 16.5. The summed E-state index contributed by atoms with van der Waals surface area (Å²) >= 11 is 0. The number of hydrogen-bond donors (Lipinski definition) is 1. The van der Waals surface area contributed by atoms with Crippen LogP contribution in [-0.4, -0.2) is 22.6 Å². The molecule has 0 aliphatic heterocycles. The fourth-order valence-corrected chi connectivity index (χ4v) is 1.99. The van der Waals surface area contributed by atoms with Crippen LogP contribution in [0.5, 0.6) is 5.75 Å². The van der Waals surface area contributed by atoms with Crippen LogP contribution < -0.4 is 10.5 Å². The number of aryl methyl sites for hydroxylation is 1. The van der Waals surface area contributed by atoms with E-state index < -0.39 is 0 Å². The third-order valence-corrected chi connectivity index (χ3v) is 2.89. The second-order valence-electron chi connectivity index (χ2n) is 4.25. The van der Waals surface area contributed by atoms with Crippen LogP contribution in [0.25, 0.3) is 0 Å². The third kappa shape index (κ3) is 3.17. The molecule has 1 aromatic heterocycles. The van der Waals surface area contributed by atoms with Crippen LogP contribution in [0, 0.1) is 0 Å². The Hall–Kier alpha value is -1.16. The standard InChI is InChI=1S/C12H19N3O/c13-7-3-6-12-14-8-11(9-15-12)16-10-4-1-2-5-10/h8-10H,1-7,13H2. The molecule has 0 aromatic carbocycles. The summed E-state index contributed by atoms with van der Waals surface area (Å²) in [7, 11) is 0. The molecule has 0 amide bonds. The van der Waals surface area contributed by atoms with Crippen LogP contribution in [0.4, 0.5) is 0 Å². The predicted molar refractivity (Wildman–Crippen MR) is 62.3 cm³/mol. The minimum absolute atomic E-state index is 0.374. The van der Waals surface area contributed by atoms with Crippen molar-refractivity contribution < 1.29 is 4.74 Å². The number of hydrogen-bond acceptors (Lipinski definition) is 4. The van der Waals surface area contributed by atoms with Gasteiger partial charge in [0.15, 0.2) is 5.75 Å². The molecular weight excluding hydrogens is 202 g/mol. The predicted octanol–water partition coefficient (Wildman–Crippen LogP) is 1.69. The highest BCUT2D eigenvalue weighted by Crippen LogP contribution is 2.23. The largest absolute Gasteiger partial charge is 0.487 e. The van der Waals surface area contributed by atoms with E-state index in [9.17, 15) is 0 Å². The number of aromatic nitrogens is 2. The van der Waals surface area contributed by atoms with Crippen LogP contribution >= 0.6 is 0 Å². The smallest absolute Gasteiger partial charge is 0.156 e. The molecule has 0 bridgehead atoms. The second kappa shape index (κ2) is 5.80. The Labute approximate surface area is 96.2 Å². The van der Waals surface area contributed by atoms with Gasteiger partial charge < -0.3 is 10.5 Å². The molecule has 0 radical (unpaired) electrons. The van der Waals surface area contributed by atoms with Crippen molar-refractivity contribution in [3.63, 3.8) is 0 Å². The van der Waals surface area contributed by atoms with Crippen molar-refractivity contribution in [2.24, 2.45) is 5.73 Å². The SMILES string of the molecule is NCCCc1ncc(OC2CCCC2)cn1. The lowest BCUT2D eigenvalue weighted by atomic mass is 10.3. The van der Waals surface area contributed by atoms with Crippen molar-refractivity contribution in [3.05, 3.63) is 18.2 Å². The van der Waals surface area contributed by atoms with E-state index in [-0.39, 0.29) is 0 Å². The fourth-order valence-electron chi connectivity index (χ4n) is 1.99. The Kier molecular flexibility index (Phi) is 4.10. The highest BCUT2D eigenvalue weighted by molar-refractivity contribution is 5.13. The molecule has 16 heavy (non-hydrogen) atoms. The van der Waals surface area contributed by atoms with Crippen molar-refractivity contribution in [1.82, 2.24) is 9.97 Å². The maximum atomic E-state index is 5.79. The molecule has 1 heterocycles. The first-order valence-corrected chi connectivity index (χ1v) is 6.06. The van der Waals surface area contributed by atoms with Gasteiger partial charge >= 0.3 is 0 Å². The lowest BCUT2D eigenvalue weighted by Crippen LogP contribution is -2.11. The Balaban J connectivity index is 1.86. The molecule has 0 atom stereocenters. The lowest BCUT2D eigenvalue weighted by Gasteiger charge is -2.12. The quantitative estimate of drug-likeness (QED) is 0.822. The van der Waals surface area contributed by atoms with Crippen LogP contribution in [0.15, 0.2) is 12.4 Å². The second-order valence-corrected chi connectivity index (χ2v) is 4.25. The summed E-state index contributed by atoms with van der Waals surface area (Å²) in [4.78, 5) is 8.53. The van der Waals surface area contributed by atoms with Crippen LogP contribution in [0.3, 0.4) is 0 Å². The molecule has 0 saturated heterocycles. The zero-order valence-electron chi connectivity index (χ0n) is 9.56. The van der Waals surface area contributed by atoms with E-state index >= 15 is 0 Å². The van der Waals surface area contributed by atoms with Crippen molar-refractivity contribution in [1.29, 1.82) is 0 Å². The van der Waals surface area contributed by atoms with Gasteiger partial charge in [-0.1, -0.05) is 0 Å². The van der Waals surface area contributed by atoms with E-state index in [1.54, 1.807) is 12.4 Å². The number of rotatable bonds is 5. The molecule has 0 spiro atoms. The highest BCUT2D eigenvalue weighted by Gasteiger charge is 2.16. The molecule has 88 valence electrons. The van der Waals surface area contributed by atoms with Crippen molar-refractivity contribution >= 4 is 0 Å². The molecule has 2 N–H and O–H groups in total. The summed E-state index contributed by atoms with van der Waals surface area (Å²) in [6, 6.07) is 0. The van der Waals surface area contributed by atoms with E-state index in [1.165, 1.54) is 12.8 Å². The molecule has 4 nitrogen and oxygen atoms in total. The fraction of sp³-hybridized carbons (Fsp3) is 0.667. The maximum Gasteiger partial charge on any atom is 0.156 e. The first-order valence-electron chi connectivity index (χ1n) is 6.06. The van der Waals surface area contributed by atoms with E-state index in [0.717, 1.165) is 37.3 Å². The molecule has 1 aromatic rings. The minimum atomic E-state index is 0.374. The number of nitrogens with zero attached hydrogens (tertiary/aromatic N) is 2. The Morgan fingerprint density at radius 2 is 1.94 bits per heavy atom. The molecule has 1 saturated carbocycles. The van der Waals surface area contributed by atoms with Gasteiger partial charge in [-0.25, -0.2) is 9.97 Å². The molecule has 2 rings (SSSR count). The summed E-state index contributed by atoms with van der Waals surface area (Å²) in [5.41, 5.74) is 5.43. The van der Waals surface area contributed by atoms with Gasteiger partial charge in [-0.3, -0.25) is 0 Å². The molecule has 0 unspecified atom stereocenters. The Morgan fingerprint density at radius 3 is 2.56 bits per heavy atom. The average Bonchev–Trinajstić information content (AvgIpc) is 2.81. The first-order chi connectivity index (χ1) is 7.88. The Morgan fingerprint density at radius 1 is 1.25 bits per heavy atom. The number of ether oxygens (including phenoxy) is 1. The topological polar surface area (TPSA) is 61.0 Å². The van der Waals surface area contributed by atoms with E-state index in [2.05, 4.69) is 9.97 Å². The van der Waals surface area contributed by atoms with Gasteiger partial charge in [0.2, 0.25) is 0 Å². The zero-order chi connectivity index (χ0) is 11.2. The van der Waals surface area contributed by atoms with Crippen molar-refractivity contribution in [3.8, 4) is 5.75 Å². The van der Waals surface area contributed by atoms with E-state index in [4.69, 9.17) is 10.5 Å². The number of nitrogens with two attached hydrogens (primary N) is 1. The van der Waals surface area contributed by atoms with Gasteiger partial charge in [-0.15, -0.1) is 0 Å². The van der Waals surface area contributed by atoms with Gasteiger partial charge in [0.1, 0.15) is 5.82 Å². The van der Waals surface area contributed by atoms with Crippen LogP contribution in [0.1, 0.15) is 37.9 Å². The van der Waals surface area contributed by atoms with Crippen LogP contribution in [0.2, 0.25) is 0 Å². The van der Waals surface area contributed by atoms with Gasteiger partial charge in [0.25, 0.3) is 0 Å². The maximum absolute atomic E-state index is 5.79. The summed E-state index contributed by atoms with van der Waals surface area (Å²) in [5, 5.41) is 0. The van der Waals surface area contributed by atoms with Gasteiger partial charge in [-0.2, -0.15) is 0 Å². The van der Waals surface area contributed by atoms with Crippen molar-refractivity contribution in [2.75, 3.05) is 6.54 Å². The van der Waals surface area contributed by atoms with Crippen LogP contribution in [-0.2, 0) is 6.42 Å². The summed E-state index contributed by atoms with van der Waals surface area (Å²) in [6.45, 7) is 0.684. The molecule has 1 fully saturated rings. The lowest BCUT2D eigenvalue weighted by molar-refractivity contribution is 0.208. The summed E-state index contributed by atoms with van der Waals surface area (Å²) < 4.78 is 5.79. The minimum Gasteiger partial charge on any atom is -0.487 e. The molecular formula is C12H19N3O. The normalized spacial score (nSPS) is 16.6. The Bertz CT molecular complexity index is 307. The zero-order valence-corrected chi connectivity index (χ0v) is 9.56. The molecule has 1 aliphatic rings. The monoisotopic (exact) mass is 221 g/mol.